The van der Waals surface area contributed by atoms with Gasteiger partial charge in [-0.15, -0.1) is 11.3 Å². The molecule has 0 radical (unpaired) electrons. The number of nitrogens with one attached hydrogen (secondary N) is 1. The highest BCUT2D eigenvalue weighted by Crippen LogP contribution is 2.36. The second-order valence-electron chi connectivity index (χ2n) is 7.27. The van der Waals surface area contributed by atoms with Crippen molar-refractivity contribution in [3.63, 3.8) is 0 Å². The minimum atomic E-state index is -0.364. The number of amides is 2. The second kappa shape index (κ2) is 8.16. The zero-order valence-corrected chi connectivity index (χ0v) is 17.8. The SMILES string of the molecule is COc1ccc(NC2=C(c3cccs3)C(=O)N(c3ccc(C(C)C)cc3)C2=O)cc1. The van der Waals surface area contributed by atoms with Crippen LogP contribution in [0.15, 0.2) is 71.7 Å². The number of methoxy groups -OCH3 is 1. The molecule has 1 N–H and O–H groups in total. The van der Waals surface area contributed by atoms with Gasteiger partial charge in [0.25, 0.3) is 11.8 Å². The quantitative estimate of drug-likeness (QED) is 0.554. The van der Waals surface area contributed by atoms with Gasteiger partial charge in [0.2, 0.25) is 0 Å². The minimum absolute atomic E-state index is 0.278. The summed E-state index contributed by atoms with van der Waals surface area (Å²) in [6.45, 7) is 4.21. The van der Waals surface area contributed by atoms with Crippen LogP contribution < -0.4 is 15.0 Å². The Labute approximate surface area is 179 Å². The Bertz CT molecular complexity index is 1100. The molecule has 152 valence electrons. The van der Waals surface area contributed by atoms with Crippen LogP contribution in [0.5, 0.6) is 5.75 Å². The summed E-state index contributed by atoms with van der Waals surface area (Å²) in [5.74, 6) is 0.400. The molecular weight excluding hydrogens is 396 g/mol. The van der Waals surface area contributed by atoms with Crippen molar-refractivity contribution < 1.29 is 14.3 Å². The normalized spacial score (nSPS) is 14.1. The zero-order chi connectivity index (χ0) is 21.3. The number of ether oxygens (including phenoxy) is 1. The van der Waals surface area contributed by atoms with Crippen LogP contribution in [0.2, 0.25) is 0 Å². The van der Waals surface area contributed by atoms with Crippen molar-refractivity contribution in [2.75, 3.05) is 17.3 Å². The van der Waals surface area contributed by atoms with E-state index in [0.29, 0.717) is 28.6 Å². The van der Waals surface area contributed by atoms with Crippen LogP contribution in [0.25, 0.3) is 5.57 Å². The van der Waals surface area contributed by atoms with Gasteiger partial charge < -0.3 is 10.1 Å². The van der Waals surface area contributed by atoms with Gasteiger partial charge >= 0.3 is 0 Å². The van der Waals surface area contributed by atoms with E-state index in [2.05, 4.69) is 19.2 Å². The van der Waals surface area contributed by atoms with Crippen molar-refractivity contribution in [3.05, 3.63) is 82.2 Å². The molecule has 0 bridgehead atoms. The lowest BCUT2D eigenvalue weighted by Crippen LogP contribution is -2.32. The van der Waals surface area contributed by atoms with Crippen LogP contribution in [0.3, 0.4) is 0 Å². The van der Waals surface area contributed by atoms with E-state index in [0.717, 1.165) is 10.4 Å². The summed E-state index contributed by atoms with van der Waals surface area (Å²) < 4.78 is 5.19. The van der Waals surface area contributed by atoms with Crippen molar-refractivity contribution in [1.82, 2.24) is 0 Å². The maximum atomic E-state index is 13.3. The zero-order valence-electron chi connectivity index (χ0n) is 17.0. The Morgan fingerprint density at radius 1 is 0.933 bits per heavy atom. The van der Waals surface area contributed by atoms with Gasteiger partial charge in [-0.3, -0.25) is 9.59 Å². The fourth-order valence-electron chi connectivity index (χ4n) is 3.36. The summed E-state index contributed by atoms with van der Waals surface area (Å²) in [6, 6.07) is 18.5. The van der Waals surface area contributed by atoms with Crippen molar-refractivity contribution in [2.24, 2.45) is 0 Å². The Morgan fingerprint density at radius 3 is 2.20 bits per heavy atom. The first-order chi connectivity index (χ1) is 14.5. The fourth-order valence-corrected chi connectivity index (χ4v) is 4.12. The van der Waals surface area contributed by atoms with E-state index < -0.39 is 0 Å². The number of carbonyl (C=O) groups is 2. The smallest absolute Gasteiger partial charge is 0.282 e. The number of carbonyl (C=O) groups excluding carboxylic acids is 2. The van der Waals surface area contributed by atoms with Gasteiger partial charge in [0.15, 0.2) is 0 Å². The first-order valence-corrected chi connectivity index (χ1v) is 10.6. The molecule has 0 unspecified atom stereocenters. The molecule has 0 atom stereocenters. The van der Waals surface area contributed by atoms with Crippen molar-refractivity contribution in [1.29, 1.82) is 0 Å². The van der Waals surface area contributed by atoms with E-state index in [9.17, 15) is 9.59 Å². The van der Waals surface area contributed by atoms with Crippen LogP contribution in [0.4, 0.5) is 11.4 Å². The molecule has 2 heterocycles. The van der Waals surface area contributed by atoms with E-state index in [-0.39, 0.29) is 17.5 Å². The Balaban J connectivity index is 1.72. The predicted molar refractivity (Wildman–Crippen MR) is 121 cm³/mol. The van der Waals surface area contributed by atoms with Crippen molar-refractivity contribution in [2.45, 2.75) is 19.8 Å². The number of thiophene rings is 1. The average molecular weight is 419 g/mol. The Hall–Kier alpha value is -3.38. The van der Waals surface area contributed by atoms with Crippen molar-refractivity contribution >= 4 is 40.1 Å². The predicted octanol–water partition coefficient (Wildman–Crippen LogP) is 5.28. The number of imide groups is 1. The summed E-state index contributed by atoms with van der Waals surface area (Å²) in [4.78, 5) is 28.7. The van der Waals surface area contributed by atoms with Crippen molar-refractivity contribution in [3.8, 4) is 5.75 Å². The standard InChI is InChI=1S/C24H22N2O3S/c1-15(2)16-6-10-18(11-7-16)26-23(27)21(20-5-4-14-30-20)22(24(26)28)25-17-8-12-19(29-3)13-9-17/h4-15,25H,1-3H3. The number of benzene rings is 2. The fraction of sp³-hybridized carbons (Fsp3) is 0.167. The van der Waals surface area contributed by atoms with E-state index in [1.807, 2.05) is 53.9 Å². The first-order valence-electron chi connectivity index (χ1n) is 9.67. The van der Waals surface area contributed by atoms with Gasteiger partial charge in [-0.1, -0.05) is 32.0 Å². The van der Waals surface area contributed by atoms with E-state index >= 15 is 0 Å². The molecule has 0 saturated heterocycles. The molecule has 6 heteroatoms. The second-order valence-corrected chi connectivity index (χ2v) is 8.22. The van der Waals surface area contributed by atoms with E-state index in [1.54, 1.807) is 19.2 Å². The monoisotopic (exact) mass is 418 g/mol. The van der Waals surface area contributed by atoms with Crippen LogP contribution >= 0.6 is 11.3 Å². The van der Waals surface area contributed by atoms with Crippen LogP contribution in [-0.2, 0) is 9.59 Å². The van der Waals surface area contributed by atoms with Crippen LogP contribution in [-0.4, -0.2) is 18.9 Å². The molecule has 0 spiro atoms. The minimum Gasteiger partial charge on any atom is -0.497 e. The van der Waals surface area contributed by atoms with Gasteiger partial charge in [0.05, 0.1) is 18.4 Å². The third kappa shape index (κ3) is 3.62. The Kier molecular flexibility index (Phi) is 5.42. The lowest BCUT2D eigenvalue weighted by Gasteiger charge is -2.16. The molecule has 1 aliphatic heterocycles. The first kappa shape index (κ1) is 19.9. The topological polar surface area (TPSA) is 58.6 Å². The largest absolute Gasteiger partial charge is 0.497 e. The van der Waals surface area contributed by atoms with Gasteiger partial charge in [0.1, 0.15) is 11.4 Å². The number of hydrogen-bond donors (Lipinski definition) is 1. The number of rotatable bonds is 6. The molecule has 0 fully saturated rings. The molecule has 1 aliphatic rings. The number of hydrogen-bond acceptors (Lipinski definition) is 5. The van der Waals surface area contributed by atoms with Gasteiger partial charge in [-0.2, -0.15) is 0 Å². The summed E-state index contributed by atoms with van der Waals surface area (Å²) in [6.07, 6.45) is 0. The maximum Gasteiger partial charge on any atom is 0.282 e. The molecule has 2 aromatic carbocycles. The molecular formula is C24H22N2O3S. The molecule has 0 aliphatic carbocycles. The highest BCUT2D eigenvalue weighted by Gasteiger charge is 2.40. The lowest BCUT2D eigenvalue weighted by atomic mass is 10.0. The third-order valence-electron chi connectivity index (χ3n) is 5.03. The van der Waals surface area contributed by atoms with Crippen LogP contribution in [0.1, 0.15) is 30.2 Å². The highest BCUT2D eigenvalue weighted by atomic mass is 32.1. The van der Waals surface area contributed by atoms with E-state index in [4.69, 9.17) is 4.74 Å². The summed E-state index contributed by atoms with van der Waals surface area (Å²) in [5.41, 5.74) is 3.09. The molecule has 5 nitrogen and oxygen atoms in total. The van der Waals surface area contributed by atoms with Crippen LogP contribution in [0, 0.1) is 0 Å². The molecule has 30 heavy (non-hydrogen) atoms. The lowest BCUT2D eigenvalue weighted by molar-refractivity contribution is -0.120. The van der Waals surface area contributed by atoms with Gasteiger partial charge in [-0.05, 0) is 59.3 Å². The number of anilines is 2. The molecule has 1 aromatic heterocycles. The van der Waals surface area contributed by atoms with Gasteiger partial charge in [0, 0.05) is 10.6 Å². The number of nitrogens with zero attached hydrogens (tertiary/aromatic N) is 1. The summed E-state index contributed by atoms with van der Waals surface area (Å²) >= 11 is 1.43. The Morgan fingerprint density at radius 2 is 1.63 bits per heavy atom. The molecule has 3 aromatic rings. The maximum absolute atomic E-state index is 13.3. The molecule has 2 amide bonds. The summed E-state index contributed by atoms with van der Waals surface area (Å²) in [7, 11) is 1.60. The third-order valence-corrected chi connectivity index (χ3v) is 5.92. The molecule has 4 rings (SSSR count). The molecule has 0 saturated carbocycles. The van der Waals surface area contributed by atoms with E-state index in [1.165, 1.54) is 16.2 Å². The summed E-state index contributed by atoms with van der Waals surface area (Å²) in [5, 5.41) is 5.05. The average Bonchev–Trinajstić information content (AvgIpc) is 3.35. The highest BCUT2D eigenvalue weighted by molar-refractivity contribution is 7.11. The van der Waals surface area contributed by atoms with Gasteiger partial charge in [-0.25, -0.2) is 4.90 Å².